The highest BCUT2D eigenvalue weighted by atomic mass is 35.5. The third-order valence-electron chi connectivity index (χ3n) is 4.34. The van der Waals surface area contributed by atoms with E-state index in [0.717, 1.165) is 18.9 Å². The highest BCUT2D eigenvalue weighted by Gasteiger charge is 2.37. The number of amides is 2. The van der Waals surface area contributed by atoms with E-state index in [4.69, 9.17) is 16.3 Å². The summed E-state index contributed by atoms with van der Waals surface area (Å²) in [6.45, 7) is 0.572. The summed E-state index contributed by atoms with van der Waals surface area (Å²) in [7, 11) is 1.48. The number of anilines is 1. The number of aryl methyl sites for hydroxylation is 1. The number of carbonyl (C=O) groups is 1. The molecule has 10 heteroatoms. The van der Waals surface area contributed by atoms with Crippen molar-refractivity contribution in [3.05, 3.63) is 40.7 Å². The number of hydrogen-bond acceptors (Lipinski definition) is 3. The molecule has 1 saturated carbocycles. The van der Waals surface area contributed by atoms with Gasteiger partial charge in [-0.15, -0.1) is 0 Å². The number of hydrogen-bond donors (Lipinski definition) is 2. The van der Waals surface area contributed by atoms with Gasteiger partial charge in [0.15, 0.2) is 5.69 Å². The van der Waals surface area contributed by atoms with E-state index in [1.807, 2.05) is 0 Å². The molecule has 3 rings (SSSR count). The van der Waals surface area contributed by atoms with E-state index in [-0.39, 0.29) is 12.5 Å². The summed E-state index contributed by atoms with van der Waals surface area (Å²) in [6, 6.07) is 5.50. The molecule has 1 aromatic heterocycles. The Morgan fingerprint density at radius 3 is 2.75 bits per heavy atom. The summed E-state index contributed by atoms with van der Waals surface area (Å²) >= 11 is 5.91. The van der Waals surface area contributed by atoms with Gasteiger partial charge in [-0.05, 0) is 43.5 Å². The third-order valence-corrected chi connectivity index (χ3v) is 4.57. The molecule has 2 N–H and O–H groups in total. The maximum absolute atomic E-state index is 12.9. The number of urea groups is 1. The molecule has 0 radical (unpaired) electrons. The van der Waals surface area contributed by atoms with Gasteiger partial charge in [0.1, 0.15) is 5.75 Å². The second kappa shape index (κ2) is 8.30. The molecule has 1 aliphatic carbocycles. The predicted octanol–water partition coefficient (Wildman–Crippen LogP) is 4.65. The Labute approximate surface area is 165 Å². The molecule has 0 bridgehead atoms. The first-order valence-corrected chi connectivity index (χ1v) is 9.19. The van der Waals surface area contributed by atoms with Crippen LogP contribution in [0.3, 0.4) is 0 Å². The highest BCUT2D eigenvalue weighted by Crippen LogP contribution is 2.42. The second-order valence-electron chi connectivity index (χ2n) is 6.53. The summed E-state index contributed by atoms with van der Waals surface area (Å²) in [6.07, 6.45) is -2.25. The minimum atomic E-state index is -4.46. The van der Waals surface area contributed by atoms with Crippen LogP contribution in [0.15, 0.2) is 24.3 Å². The molecule has 1 aliphatic rings. The summed E-state index contributed by atoms with van der Waals surface area (Å²) in [5, 5.41) is 9.43. The largest absolute Gasteiger partial charge is 0.495 e. The molecule has 6 nitrogen and oxygen atoms in total. The highest BCUT2D eigenvalue weighted by molar-refractivity contribution is 6.31. The molecule has 0 spiro atoms. The molecular formula is C18H20ClF3N4O2. The summed E-state index contributed by atoms with van der Waals surface area (Å²) in [4.78, 5) is 12.0. The first-order valence-electron chi connectivity index (χ1n) is 8.81. The monoisotopic (exact) mass is 416 g/mol. The van der Waals surface area contributed by atoms with E-state index >= 15 is 0 Å². The molecule has 1 aromatic carbocycles. The molecule has 0 aliphatic heterocycles. The van der Waals surface area contributed by atoms with Gasteiger partial charge < -0.3 is 15.4 Å². The summed E-state index contributed by atoms with van der Waals surface area (Å²) in [5.41, 5.74) is 0.166. The number of benzene rings is 1. The van der Waals surface area contributed by atoms with Crippen molar-refractivity contribution in [1.29, 1.82) is 0 Å². The van der Waals surface area contributed by atoms with E-state index in [1.165, 1.54) is 11.8 Å². The lowest BCUT2D eigenvalue weighted by Crippen LogP contribution is -2.30. The first kappa shape index (κ1) is 20.3. The minimum Gasteiger partial charge on any atom is -0.495 e. The standard InChI is InChI=1S/C18H20ClF3N4O2/c1-28-15-6-5-12(19)9-13(15)24-17(27)23-7-2-8-26-14(11-3-4-11)10-16(25-26)18(20,21)22/h5-6,9-11H,2-4,7-8H2,1H3,(H2,23,24,27). The van der Waals surface area contributed by atoms with Crippen LogP contribution in [0, 0.1) is 0 Å². The Morgan fingerprint density at radius 2 is 2.11 bits per heavy atom. The van der Waals surface area contributed by atoms with Crippen LogP contribution in [0.25, 0.3) is 0 Å². The maximum atomic E-state index is 12.9. The molecule has 2 aromatic rings. The number of alkyl halides is 3. The number of ether oxygens (including phenoxy) is 1. The number of nitrogens with one attached hydrogen (secondary N) is 2. The van der Waals surface area contributed by atoms with Crippen LogP contribution in [-0.2, 0) is 12.7 Å². The Kier molecular flexibility index (Phi) is 6.02. The van der Waals surface area contributed by atoms with Crippen molar-refractivity contribution in [3.63, 3.8) is 0 Å². The molecule has 2 amide bonds. The van der Waals surface area contributed by atoms with Crippen molar-refractivity contribution in [2.45, 2.75) is 37.9 Å². The molecule has 152 valence electrons. The lowest BCUT2D eigenvalue weighted by Gasteiger charge is -2.12. The maximum Gasteiger partial charge on any atom is 0.435 e. The average molecular weight is 417 g/mol. The van der Waals surface area contributed by atoms with Crippen molar-refractivity contribution in [1.82, 2.24) is 15.1 Å². The van der Waals surface area contributed by atoms with Gasteiger partial charge in [0.2, 0.25) is 0 Å². The van der Waals surface area contributed by atoms with Crippen molar-refractivity contribution in [2.24, 2.45) is 0 Å². The summed E-state index contributed by atoms with van der Waals surface area (Å²) < 4.78 is 45.2. The Hall–Kier alpha value is -2.42. The first-order chi connectivity index (χ1) is 13.3. The summed E-state index contributed by atoms with van der Waals surface area (Å²) in [5.74, 6) is 0.611. The lowest BCUT2D eigenvalue weighted by atomic mass is 10.2. The second-order valence-corrected chi connectivity index (χ2v) is 6.97. The molecule has 1 fully saturated rings. The minimum absolute atomic E-state index is 0.148. The number of methoxy groups -OCH3 is 1. The van der Waals surface area contributed by atoms with Gasteiger partial charge in [-0.1, -0.05) is 11.6 Å². The number of aromatic nitrogens is 2. The van der Waals surface area contributed by atoms with Gasteiger partial charge in [0.25, 0.3) is 0 Å². The fourth-order valence-electron chi connectivity index (χ4n) is 2.83. The van der Waals surface area contributed by atoms with Gasteiger partial charge >= 0.3 is 12.2 Å². The van der Waals surface area contributed by atoms with Gasteiger partial charge in [0.05, 0.1) is 12.8 Å². The van der Waals surface area contributed by atoms with Gasteiger partial charge in [-0.25, -0.2) is 4.79 Å². The topological polar surface area (TPSA) is 68.2 Å². The van der Waals surface area contributed by atoms with E-state index in [0.29, 0.717) is 35.1 Å². The Bertz CT molecular complexity index is 850. The molecule has 1 heterocycles. The van der Waals surface area contributed by atoms with Crippen molar-refractivity contribution < 1.29 is 22.7 Å². The fraction of sp³-hybridized carbons (Fsp3) is 0.444. The van der Waals surface area contributed by atoms with Crippen molar-refractivity contribution in [3.8, 4) is 5.75 Å². The number of carbonyl (C=O) groups excluding carboxylic acids is 1. The van der Waals surface area contributed by atoms with Crippen LogP contribution in [-0.4, -0.2) is 29.5 Å². The van der Waals surface area contributed by atoms with Gasteiger partial charge in [0, 0.05) is 29.7 Å². The third kappa shape index (κ3) is 5.09. The lowest BCUT2D eigenvalue weighted by molar-refractivity contribution is -0.141. The quantitative estimate of drug-likeness (QED) is 0.645. The van der Waals surface area contributed by atoms with Crippen molar-refractivity contribution in [2.75, 3.05) is 19.0 Å². The molecule has 0 atom stereocenters. The zero-order valence-electron chi connectivity index (χ0n) is 15.1. The van der Waals surface area contributed by atoms with E-state index in [9.17, 15) is 18.0 Å². The number of halogens is 4. The van der Waals surface area contributed by atoms with Crippen LogP contribution in [0.4, 0.5) is 23.7 Å². The average Bonchev–Trinajstić information content (AvgIpc) is 3.37. The predicted molar refractivity (Wildman–Crippen MR) is 98.8 cm³/mol. The van der Waals surface area contributed by atoms with Crippen LogP contribution >= 0.6 is 11.6 Å². The van der Waals surface area contributed by atoms with Crippen LogP contribution in [0.1, 0.15) is 36.6 Å². The number of nitrogens with zero attached hydrogens (tertiary/aromatic N) is 2. The number of rotatable bonds is 7. The molecular weight excluding hydrogens is 397 g/mol. The molecule has 0 saturated heterocycles. The molecule has 28 heavy (non-hydrogen) atoms. The fourth-order valence-corrected chi connectivity index (χ4v) is 3.00. The van der Waals surface area contributed by atoms with Crippen molar-refractivity contribution >= 4 is 23.3 Å². The van der Waals surface area contributed by atoms with Crippen LogP contribution in [0.2, 0.25) is 5.02 Å². The van der Waals surface area contributed by atoms with Crippen LogP contribution in [0.5, 0.6) is 5.75 Å². The SMILES string of the molecule is COc1ccc(Cl)cc1NC(=O)NCCCn1nc(C(F)(F)F)cc1C1CC1. The zero-order chi connectivity index (χ0) is 20.3. The van der Waals surface area contributed by atoms with E-state index in [2.05, 4.69) is 15.7 Å². The normalized spacial score (nSPS) is 14.0. The van der Waals surface area contributed by atoms with E-state index in [1.54, 1.807) is 18.2 Å². The molecule has 0 unspecified atom stereocenters. The van der Waals surface area contributed by atoms with Crippen LogP contribution < -0.4 is 15.4 Å². The van der Waals surface area contributed by atoms with Gasteiger partial charge in [-0.3, -0.25) is 4.68 Å². The smallest absolute Gasteiger partial charge is 0.435 e. The Morgan fingerprint density at radius 1 is 1.36 bits per heavy atom. The van der Waals surface area contributed by atoms with Gasteiger partial charge in [-0.2, -0.15) is 18.3 Å². The zero-order valence-corrected chi connectivity index (χ0v) is 15.9. The van der Waals surface area contributed by atoms with E-state index < -0.39 is 17.9 Å². The Balaban J connectivity index is 1.51.